The van der Waals surface area contributed by atoms with Crippen LogP contribution in [-0.2, 0) is 6.54 Å². The molecule has 0 radical (unpaired) electrons. The summed E-state index contributed by atoms with van der Waals surface area (Å²) in [6.07, 6.45) is 1.92. The first kappa shape index (κ1) is 11.4. The van der Waals surface area contributed by atoms with Crippen molar-refractivity contribution in [2.24, 2.45) is 0 Å². The fraction of sp³-hybridized carbons (Fsp3) is 0.538. The molecule has 0 aromatic heterocycles. The number of benzene rings is 1. The molecule has 1 aromatic rings. The smallest absolute Gasteiger partial charge is 0.115 e. The first-order valence-corrected chi connectivity index (χ1v) is 5.84. The fourth-order valence-electron chi connectivity index (χ4n) is 2.38. The molecule has 1 aliphatic heterocycles. The highest BCUT2D eigenvalue weighted by Crippen LogP contribution is 2.27. The third-order valence-corrected chi connectivity index (χ3v) is 3.09. The van der Waals surface area contributed by atoms with Gasteiger partial charge in [0.2, 0.25) is 0 Å². The number of rotatable bonds is 4. The van der Waals surface area contributed by atoms with Crippen molar-refractivity contribution in [1.82, 2.24) is 4.90 Å². The van der Waals surface area contributed by atoms with E-state index in [0.29, 0.717) is 5.75 Å². The van der Waals surface area contributed by atoms with Gasteiger partial charge in [0.15, 0.2) is 0 Å². The average molecular weight is 221 g/mol. The Kier molecular flexibility index (Phi) is 3.17. The van der Waals surface area contributed by atoms with Gasteiger partial charge >= 0.3 is 0 Å². The predicted molar refractivity (Wildman–Crippen MR) is 63.2 cm³/mol. The Morgan fingerprint density at radius 1 is 1.25 bits per heavy atom. The van der Waals surface area contributed by atoms with Crippen LogP contribution < -0.4 is 0 Å². The molecule has 0 amide bonds. The van der Waals surface area contributed by atoms with Crippen LogP contribution in [0.15, 0.2) is 24.3 Å². The Morgan fingerprint density at radius 3 is 2.44 bits per heavy atom. The van der Waals surface area contributed by atoms with Crippen LogP contribution in [0.25, 0.3) is 0 Å². The van der Waals surface area contributed by atoms with Gasteiger partial charge in [-0.2, -0.15) is 0 Å². The van der Waals surface area contributed by atoms with Crippen molar-refractivity contribution >= 4 is 0 Å². The van der Waals surface area contributed by atoms with Crippen LogP contribution in [0, 0.1) is 0 Å². The molecule has 0 unspecified atom stereocenters. The van der Waals surface area contributed by atoms with Gasteiger partial charge < -0.3 is 10.2 Å². The van der Waals surface area contributed by atoms with E-state index >= 15 is 0 Å². The zero-order valence-electron chi connectivity index (χ0n) is 9.69. The molecule has 0 spiro atoms. The minimum absolute atomic E-state index is 0.301. The molecule has 1 aliphatic rings. The van der Waals surface area contributed by atoms with Crippen molar-refractivity contribution in [3.8, 4) is 5.75 Å². The van der Waals surface area contributed by atoms with Crippen LogP contribution in [-0.4, -0.2) is 33.8 Å². The molecule has 3 heteroatoms. The number of nitrogens with zero attached hydrogens (tertiary/aromatic N) is 1. The summed E-state index contributed by atoms with van der Waals surface area (Å²) in [6, 6.07) is 7.25. The van der Waals surface area contributed by atoms with Crippen molar-refractivity contribution in [3.63, 3.8) is 0 Å². The van der Waals surface area contributed by atoms with Gasteiger partial charge in [-0.15, -0.1) is 0 Å². The van der Waals surface area contributed by atoms with E-state index < -0.39 is 5.60 Å². The molecule has 2 N–H and O–H groups in total. The molecule has 0 saturated carbocycles. The minimum atomic E-state index is -0.453. The summed E-state index contributed by atoms with van der Waals surface area (Å²) in [5, 5.41) is 19.2. The van der Waals surface area contributed by atoms with E-state index in [1.807, 2.05) is 12.1 Å². The first-order valence-electron chi connectivity index (χ1n) is 5.84. The highest BCUT2D eigenvalue weighted by molar-refractivity contribution is 5.26. The lowest BCUT2D eigenvalue weighted by Gasteiger charge is -2.46. The molecule has 88 valence electrons. The lowest BCUT2D eigenvalue weighted by Crippen LogP contribution is -2.60. The number of phenols is 1. The zero-order valence-corrected chi connectivity index (χ0v) is 9.69. The van der Waals surface area contributed by atoms with Crippen molar-refractivity contribution < 1.29 is 10.2 Å². The molecule has 1 aromatic carbocycles. The average Bonchev–Trinajstić information content (AvgIpc) is 2.19. The first-order chi connectivity index (χ1) is 7.61. The number of phenolic OH excluding ortho intramolecular Hbond substituents is 1. The largest absolute Gasteiger partial charge is 0.508 e. The van der Waals surface area contributed by atoms with Gasteiger partial charge in [-0.25, -0.2) is 0 Å². The van der Waals surface area contributed by atoms with E-state index in [-0.39, 0.29) is 0 Å². The predicted octanol–water partition coefficient (Wildman–Crippen LogP) is 1.74. The van der Waals surface area contributed by atoms with E-state index in [9.17, 15) is 5.11 Å². The van der Waals surface area contributed by atoms with Crippen molar-refractivity contribution in [3.05, 3.63) is 29.8 Å². The van der Waals surface area contributed by atoms with Crippen molar-refractivity contribution in [2.45, 2.75) is 31.9 Å². The van der Waals surface area contributed by atoms with Crippen LogP contribution in [0.4, 0.5) is 0 Å². The van der Waals surface area contributed by atoms with Crippen LogP contribution in [0.3, 0.4) is 0 Å². The van der Waals surface area contributed by atoms with Crippen LogP contribution in [0.1, 0.15) is 25.3 Å². The minimum Gasteiger partial charge on any atom is -0.508 e. The molecule has 0 bridgehead atoms. The summed E-state index contributed by atoms with van der Waals surface area (Å²) < 4.78 is 0. The molecule has 3 nitrogen and oxygen atoms in total. The number of hydrogen-bond donors (Lipinski definition) is 2. The second-order valence-electron chi connectivity index (χ2n) is 4.79. The third-order valence-electron chi connectivity index (χ3n) is 3.09. The van der Waals surface area contributed by atoms with Crippen LogP contribution >= 0.6 is 0 Å². The maximum Gasteiger partial charge on any atom is 0.115 e. The van der Waals surface area contributed by atoms with Gasteiger partial charge in [-0.05, 0) is 24.1 Å². The van der Waals surface area contributed by atoms with Crippen LogP contribution in [0.5, 0.6) is 5.75 Å². The van der Waals surface area contributed by atoms with Gasteiger partial charge in [-0.1, -0.05) is 25.5 Å². The van der Waals surface area contributed by atoms with Crippen LogP contribution in [0.2, 0.25) is 0 Å². The van der Waals surface area contributed by atoms with Gasteiger partial charge in [0.05, 0.1) is 5.60 Å². The monoisotopic (exact) mass is 221 g/mol. The highest BCUT2D eigenvalue weighted by atomic mass is 16.3. The topological polar surface area (TPSA) is 43.7 Å². The van der Waals surface area contributed by atoms with Gasteiger partial charge in [-0.3, -0.25) is 4.90 Å². The molecular formula is C13H19NO2. The zero-order chi connectivity index (χ0) is 11.6. The van der Waals surface area contributed by atoms with E-state index in [2.05, 4.69) is 11.8 Å². The van der Waals surface area contributed by atoms with E-state index in [4.69, 9.17) is 5.11 Å². The SMILES string of the molecule is CCCC1(O)CN(Cc2ccc(O)cc2)C1. The molecule has 1 fully saturated rings. The number of aromatic hydroxyl groups is 1. The van der Waals surface area contributed by atoms with Gasteiger partial charge in [0, 0.05) is 19.6 Å². The van der Waals surface area contributed by atoms with Gasteiger partial charge in [0.25, 0.3) is 0 Å². The maximum atomic E-state index is 10.0. The number of likely N-dealkylation sites (tertiary alicyclic amines) is 1. The van der Waals surface area contributed by atoms with Crippen molar-refractivity contribution in [1.29, 1.82) is 0 Å². The lowest BCUT2D eigenvalue weighted by atomic mass is 9.89. The van der Waals surface area contributed by atoms with Gasteiger partial charge in [0.1, 0.15) is 5.75 Å². The van der Waals surface area contributed by atoms with E-state index in [1.54, 1.807) is 12.1 Å². The van der Waals surface area contributed by atoms with Crippen molar-refractivity contribution in [2.75, 3.05) is 13.1 Å². The van der Waals surface area contributed by atoms with E-state index in [0.717, 1.165) is 32.5 Å². The molecule has 1 heterocycles. The quantitative estimate of drug-likeness (QED) is 0.814. The summed E-state index contributed by atoms with van der Waals surface area (Å²) in [7, 11) is 0. The summed E-state index contributed by atoms with van der Waals surface area (Å²) in [4.78, 5) is 2.22. The fourth-order valence-corrected chi connectivity index (χ4v) is 2.38. The Morgan fingerprint density at radius 2 is 1.88 bits per heavy atom. The summed E-state index contributed by atoms with van der Waals surface area (Å²) >= 11 is 0. The number of β-amino-alcohol motifs (C(OH)–C–C–N with tert-alkyl or cyclic N) is 1. The van der Waals surface area contributed by atoms with E-state index in [1.165, 1.54) is 5.56 Å². The number of aliphatic hydroxyl groups is 1. The molecule has 0 atom stereocenters. The second kappa shape index (κ2) is 4.44. The maximum absolute atomic E-state index is 10.0. The molecular weight excluding hydrogens is 202 g/mol. The Hall–Kier alpha value is -1.06. The molecule has 2 rings (SSSR count). The Labute approximate surface area is 96.3 Å². The Balaban J connectivity index is 1.83. The molecule has 16 heavy (non-hydrogen) atoms. The summed E-state index contributed by atoms with van der Waals surface area (Å²) in [5.41, 5.74) is 0.724. The standard InChI is InChI=1S/C13H19NO2/c1-2-7-13(16)9-14(10-13)8-11-3-5-12(15)6-4-11/h3-6,15-16H,2,7-10H2,1H3. The normalized spacial score (nSPS) is 19.4. The Bertz CT molecular complexity index is 341. The molecule has 1 saturated heterocycles. The number of hydrogen-bond acceptors (Lipinski definition) is 3. The summed E-state index contributed by atoms with van der Waals surface area (Å²) in [6.45, 7) is 4.48. The lowest BCUT2D eigenvalue weighted by molar-refractivity contribution is -0.106. The molecule has 0 aliphatic carbocycles. The summed E-state index contributed by atoms with van der Waals surface area (Å²) in [5.74, 6) is 0.301. The highest BCUT2D eigenvalue weighted by Gasteiger charge is 2.39. The second-order valence-corrected chi connectivity index (χ2v) is 4.79. The third kappa shape index (κ3) is 2.54.